The summed E-state index contributed by atoms with van der Waals surface area (Å²) in [6, 6.07) is 4.02. The van der Waals surface area contributed by atoms with Gasteiger partial charge < -0.3 is 15.2 Å². The molecule has 0 aliphatic carbocycles. The molecule has 0 bridgehead atoms. The summed E-state index contributed by atoms with van der Waals surface area (Å²) in [6.45, 7) is 6.33. The number of anilines is 1. The van der Waals surface area contributed by atoms with Crippen LogP contribution in [0.1, 0.15) is 37.6 Å². The van der Waals surface area contributed by atoms with Gasteiger partial charge in [-0.25, -0.2) is 17.9 Å². The number of rotatable bonds is 8. The summed E-state index contributed by atoms with van der Waals surface area (Å²) in [5.74, 6) is -1.19. The lowest BCUT2D eigenvalue weighted by Gasteiger charge is -2.23. The molecule has 1 aromatic rings. The van der Waals surface area contributed by atoms with E-state index in [2.05, 4.69) is 10.0 Å². The molecule has 130 valence electrons. The molecule has 1 aromatic carbocycles. The lowest BCUT2D eigenvalue weighted by molar-refractivity contribution is 0.0697. The van der Waals surface area contributed by atoms with Crippen LogP contribution in [0.3, 0.4) is 0 Å². The van der Waals surface area contributed by atoms with Crippen LogP contribution < -0.4 is 10.0 Å². The van der Waals surface area contributed by atoms with Gasteiger partial charge in [-0.2, -0.15) is 0 Å². The molecule has 0 aliphatic rings. The molecule has 1 rings (SSSR count). The molecule has 23 heavy (non-hydrogen) atoms. The first-order valence-corrected chi connectivity index (χ1v) is 8.69. The van der Waals surface area contributed by atoms with E-state index in [1.807, 2.05) is 20.8 Å². The molecule has 0 unspecified atom stereocenters. The number of carboxylic acids is 1. The van der Waals surface area contributed by atoms with E-state index < -0.39 is 16.0 Å². The minimum Gasteiger partial charge on any atom is -0.478 e. The molecule has 7 nitrogen and oxygen atoms in total. The number of carboxylic acid groups (broad SMARTS) is 1. The SMILES string of the molecule is COCCCNS(=O)(=O)c1ccc(NC(C)(C)C)c(C(=O)O)c1. The minimum atomic E-state index is -3.75. The third-order valence-corrected chi connectivity index (χ3v) is 4.32. The zero-order chi connectivity index (χ0) is 17.7. The number of nitrogens with one attached hydrogen (secondary N) is 2. The topological polar surface area (TPSA) is 105 Å². The summed E-state index contributed by atoms with van der Waals surface area (Å²) in [5.41, 5.74) is -0.0498. The molecule has 0 aromatic heterocycles. The van der Waals surface area contributed by atoms with Crippen molar-refractivity contribution in [3.63, 3.8) is 0 Å². The maximum absolute atomic E-state index is 12.2. The van der Waals surface area contributed by atoms with Crippen molar-refractivity contribution in [2.75, 3.05) is 25.6 Å². The van der Waals surface area contributed by atoms with Crippen molar-refractivity contribution < 1.29 is 23.1 Å². The van der Waals surface area contributed by atoms with Crippen LogP contribution in [0.5, 0.6) is 0 Å². The number of hydrogen-bond acceptors (Lipinski definition) is 5. The van der Waals surface area contributed by atoms with Crippen molar-refractivity contribution >= 4 is 21.7 Å². The quantitative estimate of drug-likeness (QED) is 0.622. The van der Waals surface area contributed by atoms with E-state index in [1.165, 1.54) is 19.2 Å². The van der Waals surface area contributed by atoms with Crippen LogP contribution in [0.4, 0.5) is 5.69 Å². The monoisotopic (exact) mass is 344 g/mol. The van der Waals surface area contributed by atoms with Crippen LogP contribution in [0.2, 0.25) is 0 Å². The molecule has 0 fully saturated rings. The van der Waals surface area contributed by atoms with Gasteiger partial charge in [0, 0.05) is 31.5 Å². The van der Waals surface area contributed by atoms with Crippen LogP contribution in [0, 0.1) is 0 Å². The Balaban J connectivity index is 3.05. The molecule has 0 amide bonds. The highest BCUT2D eigenvalue weighted by molar-refractivity contribution is 7.89. The molecule has 3 N–H and O–H groups in total. The minimum absolute atomic E-state index is 0.0771. The maximum atomic E-state index is 12.2. The Labute approximate surface area is 137 Å². The van der Waals surface area contributed by atoms with Crippen molar-refractivity contribution in [2.45, 2.75) is 37.6 Å². The average molecular weight is 344 g/mol. The van der Waals surface area contributed by atoms with Gasteiger partial charge in [-0.15, -0.1) is 0 Å². The summed E-state index contributed by atoms with van der Waals surface area (Å²) >= 11 is 0. The van der Waals surface area contributed by atoms with Crippen LogP contribution in [0.25, 0.3) is 0 Å². The fourth-order valence-electron chi connectivity index (χ4n) is 1.89. The van der Waals surface area contributed by atoms with Crippen molar-refractivity contribution in [3.8, 4) is 0 Å². The predicted octanol–water partition coefficient (Wildman–Crippen LogP) is 1.91. The van der Waals surface area contributed by atoms with Gasteiger partial charge >= 0.3 is 5.97 Å². The highest BCUT2D eigenvalue weighted by atomic mass is 32.2. The number of hydrogen-bond donors (Lipinski definition) is 3. The highest BCUT2D eigenvalue weighted by Gasteiger charge is 2.20. The van der Waals surface area contributed by atoms with Gasteiger partial charge in [-0.3, -0.25) is 0 Å². The van der Waals surface area contributed by atoms with Gasteiger partial charge in [-0.05, 0) is 45.4 Å². The number of methoxy groups -OCH3 is 1. The Morgan fingerprint density at radius 1 is 1.30 bits per heavy atom. The molecule has 0 aliphatic heterocycles. The molecule has 8 heteroatoms. The molecular formula is C15H24N2O5S. The number of ether oxygens (including phenoxy) is 1. The summed E-state index contributed by atoms with van der Waals surface area (Å²) in [4.78, 5) is 11.3. The zero-order valence-corrected chi connectivity index (χ0v) is 14.7. The van der Waals surface area contributed by atoms with Crippen molar-refractivity contribution in [2.24, 2.45) is 0 Å². The Morgan fingerprint density at radius 2 is 1.96 bits per heavy atom. The molecule has 0 saturated carbocycles. The van der Waals surface area contributed by atoms with Crippen molar-refractivity contribution in [1.29, 1.82) is 0 Å². The third-order valence-electron chi connectivity index (χ3n) is 2.86. The molecule has 0 saturated heterocycles. The fraction of sp³-hybridized carbons (Fsp3) is 0.533. The van der Waals surface area contributed by atoms with Crippen molar-refractivity contribution in [1.82, 2.24) is 4.72 Å². The van der Waals surface area contributed by atoms with E-state index in [4.69, 9.17) is 4.74 Å². The maximum Gasteiger partial charge on any atom is 0.337 e. The first kappa shape index (κ1) is 19.4. The van der Waals surface area contributed by atoms with E-state index in [0.717, 1.165) is 6.07 Å². The Hall–Kier alpha value is -1.64. The average Bonchev–Trinajstić information content (AvgIpc) is 2.42. The van der Waals surface area contributed by atoms with E-state index in [0.29, 0.717) is 18.7 Å². The van der Waals surface area contributed by atoms with Gasteiger partial charge in [0.05, 0.1) is 10.5 Å². The molecule has 0 spiro atoms. The zero-order valence-electron chi connectivity index (χ0n) is 13.8. The standard InChI is InChI=1S/C15H24N2O5S/c1-15(2,3)17-13-7-6-11(10-12(13)14(18)19)23(20,21)16-8-5-9-22-4/h6-7,10,16-17H,5,8-9H2,1-4H3,(H,18,19). The van der Waals surface area contributed by atoms with Crippen molar-refractivity contribution in [3.05, 3.63) is 23.8 Å². The lowest BCUT2D eigenvalue weighted by Crippen LogP contribution is -2.28. The summed E-state index contributed by atoms with van der Waals surface area (Å²) in [6.07, 6.45) is 0.533. The van der Waals surface area contributed by atoms with Crippen LogP contribution >= 0.6 is 0 Å². The molecule has 0 heterocycles. The van der Waals surface area contributed by atoms with E-state index in [-0.39, 0.29) is 22.5 Å². The summed E-state index contributed by atoms with van der Waals surface area (Å²) in [7, 11) is -2.22. The molecule has 0 radical (unpaired) electrons. The van der Waals surface area contributed by atoms with Gasteiger partial charge in [0.1, 0.15) is 0 Å². The first-order valence-electron chi connectivity index (χ1n) is 7.21. The highest BCUT2D eigenvalue weighted by Crippen LogP contribution is 2.23. The molecule has 0 atom stereocenters. The Kier molecular flexibility index (Phi) is 6.55. The second-order valence-corrected chi connectivity index (χ2v) is 7.90. The fourth-order valence-corrected chi connectivity index (χ4v) is 2.99. The summed E-state index contributed by atoms with van der Waals surface area (Å²) in [5, 5.41) is 12.4. The van der Waals surface area contributed by atoms with E-state index in [1.54, 1.807) is 0 Å². The first-order chi connectivity index (χ1) is 10.6. The normalized spacial score (nSPS) is 12.2. The van der Waals surface area contributed by atoms with Gasteiger partial charge in [0.25, 0.3) is 0 Å². The number of benzene rings is 1. The smallest absolute Gasteiger partial charge is 0.337 e. The second kappa shape index (κ2) is 7.76. The van der Waals surface area contributed by atoms with E-state index >= 15 is 0 Å². The second-order valence-electron chi connectivity index (χ2n) is 6.13. The van der Waals surface area contributed by atoms with E-state index in [9.17, 15) is 18.3 Å². The third kappa shape index (κ3) is 6.17. The van der Waals surface area contributed by atoms with Gasteiger partial charge in [0.2, 0.25) is 10.0 Å². The molecular weight excluding hydrogens is 320 g/mol. The van der Waals surface area contributed by atoms with Crippen LogP contribution in [-0.2, 0) is 14.8 Å². The Morgan fingerprint density at radius 3 is 2.48 bits per heavy atom. The van der Waals surface area contributed by atoms with Crippen LogP contribution in [0.15, 0.2) is 23.1 Å². The van der Waals surface area contributed by atoms with Gasteiger partial charge in [-0.1, -0.05) is 0 Å². The number of carbonyl (C=O) groups is 1. The Bertz CT molecular complexity index is 650. The van der Waals surface area contributed by atoms with Crippen LogP contribution in [-0.4, -0.2) is 45.3 Å². The number of aromatic carboxylic acids is 1. The largest absolute Gasteiger partial charge is 0.478 e. The van der Waals surface area contributed by atoms with Gasteiger partial charge in [0.15, 0.2) is 0 Å². The number of sulfonamides is 1. The lowest BCUT2D eigenvalue weighted by atomic mass is 10.1. The predicted molar refractivity (Wildman–Crippen MR) is 88.5 cm³/mol. The summed E-state index contributed by atoms with van der Waals surface area (Å²) < 4.78 is 31.7.